The Morgan fingerprint density at radius 3 is 2.76 bits per heavy atom. The van der Waals surface area contributed by atoms with Crippen LogP contribution in [0.4, 0.5) is 5.95 Å². The molecule has 0 saturated carbocycles. The molecule has 2 unspecified atom stereocenters. The van der Waals surface area contributed by atoms with E-state index >= 15 is 0 Å². The van der Waals surface area contributed by atoms with Gasteiger partial charge in [0.25, 0.3) is 0 Å². The summed E-state index contributed by atoms with van der Waals surface area (Å²) in [6, 6.07) is 0.739. The molecule has 1 N–H and O–H groups in total. The van der Waals surface area contributed by atoms with Gasteiger partial charge in [-0.3, -0.25) is 0 Å². The van der Waals surface area contributed by atoms with Crippen LogP contribution in [0.1, 0.15) is 12.8 Å². The first-order valence-electron chi connectivity index (χ1n) is 6.20. The molecule has 17 heavy (non-hydrogen) atoms. The molecule has 2 aliphatic heterocycles. The van der Waals surface area contributed by atoms with Crippen molar-refractivity contribution in [2.45, 2.75) is 18.9 Å². The van der Waals surface area contributed by atoms with E-state index in [1.165, 1.54) is 31.8 Å². The summed E-state index contributed by atoms with van der Waals surface area (Å²) >= 11 is 0. The summed E-state index contributed by atoms with van der Waals surface area (Å²) in [7, 11) is 2.22. The SMILES string of the molecule is CN1CCC2CN(c3ncc(O)cn3)CCC21. The van der Waals surface area contributed by atoms with Crippen LogP contribution in [0, 0.1) is 5.92 Å². The average molecular weight is 234 g/mol. The van der Waals surface area contributed by atoms with E-state index in [0.29, 0.717) is 0 Å². The number of aromatic nitrogens is 2. The second-order valence-electron chi connectivity index (χ2n) is 5.07. The predicted octanol–water partition coefficient (Wildman–Crippen LogP) is 0.713. The zero-order valence-corrected chi connectivity index (χ0v) is 10.1. The number of anilines is 1. The van der Waals surface area contributed by atoms with Crippen LogP contribution in [-0.4, -0.2) is 52.7 Å². The van der Waals surface area contributed by atoms with Crippen molar-refractivity contribution in [1.82, 2.24) is 14.9 Å². The topological polar surface area (TPSA) is 52.5 Å². The molecule has 0 amide bonds. The number of hydrogen-bond acceptors (Lipinski definition) is 5. The number of likely N-dealkylation sites (tertiary alicyclic amines) is 1. The highest BCUT2D eigenvalue weighted by Gasteiger charge is 2.36. The Hall–Kier alpha value is -1.36. The van der Waals surface area contributed by atoms with E-state index in [-0.39, 0.29) is 5.75 Å². The summed E-state index contributed by atoms with van der Waals surface area (Å²) in [5, 5.41) is 9.19. The fourth-order valence-electron chi connectivity index (χ4n) is 3.08. The Bertz CT molecular complexity index is 394. The monoisotopic (exact) mass is 234 g/mol. The van der Waals surface area contributed by atoms with E-state index in [9.17, 15) is 5.11 Å². The third-order valence-electron chi connectivity index (χ3n) is 4.02. The molecule has 3 rings (SSSR count). The lowest BCUT2D eigenvalue weighted by molar-refractivity contribution is 0.238. The van der Waals surface area contributed by atoms with Crippen molar-refractivity contribution in [3.05, 3.63) is 12.4 Å². The van der Waals surface area contributed by atoms with Crippen molar-refractivity contribution in [2.75, 3.05) is 31.6 Å². The minimum atomic E-state index is 0.129. The van der Waals surface area contributed by atoms with Crippen molar-refractivity contribution in [2.24, 2.45) is 5.92 Å². The lowest BCUT2D eigenvalue weighted by Crippen LogP contribution is -2.45. The second-order valence-corrected chi connectivity index (χ2v) is 5.07. The Balaban J connectivity index is 1.73. The van der Waals surface area contributed by atoms with Crippen LogP contribution in [0.5, 0.6) is 5.75 Å². The summed E-state index contributed by atoms with van der Waals surface area (Å²) in [6.45, 7) is 3.26. The summed E-state index contributed by atoms with van der Waals surface area (Å²) < 4.78 is 0. The van der Waals surface area contributed by atoms with Gasteiger partial charge in [-0.2, -0.15) is 0 Å². The maximum atomic E-state index is 9.19. The highest BCUT2D eigenvalue weighted by Crippen LogP contribution is 2.31. The molecule has 5 nitrogen and oxygen atoms in total. The molecule has 0 radical (unpaired) electrons. The predicted molar refractivity (Wildman–Crippen MR) is 65.1 cm³/mol. The molecule has 1 aromatic rings. The van der Waals surface area contributed by atoms with Crippen LogP contribution in [0.2, 0.25) is 0 Å². The van der Waals surface area contributed by atoms with Gasteiger partial charge in [-0.25, -0.2) is 9.97 Å². The summed E-state index contributed by atoms with van der Waals surface area (Å²) in [5.74, 6) is 1.62. The van der Waals surface area contributed by atoms with Crippen LogP contribution < -0.4 is 4.90 Å². The highest BCUT2D eigenvalue weighted by atomic mass is 16.3. The average Bonchev–Trinajstić information content (AvgIpc) is 2.72. The highest BCUT2D eigenvalue weighted by molar-refractivity contribution is 5.32. The molecule has 0 bridgehead atoms. The first-order valence-corrected chi connectivity index (χ1v) is 6.20. The van der Waals surface area contributed by atoms with Crippen molar-refractivity contribution >= 4 is 5.95 Å². The molecular weight excluding hydrogens is 216 g/mol. The van der Waals surface area contributed by atoms with Crippen LogP contribution in [0.25, 0.3) is 0 Å². The number of piperidine rings is 1. The van der Waals surface area contributed by atoms with Gasteiger partial charge in [0.1, 0.15) is 0 Å². The third kappa shape index (κ3) is 1.95. The number of hydrogen-bond donors (Lipinski definition) is 1. The second kappa shape index (κ2) is 4.14. The summed E-state index contributed by atoms with van der Waals surface area (Å²) in [5.41, 5.74) is 0. The van der Waals surface area contributed by atoms with Gasteiger partial charge in [0.2, 0.25) is 5.95 Å². The molecule has 2 aliphatic rings. The Morgan fingerprint density at radius 2 is 2.00 bits per heavy atom. The van der Waals surface area contributed by atoms with Gasteiger partial charge in [-0.1, -0.05) is 0 Å². The van der Waals surface area contributed by atoms with Gasteiger partial charge in [0.05, 0.1) is 12.4 Å². The lowest BCUT2D eigenvalue weighted by atomic mass is 9.93. The zero-order chi connectivity index (χ0) is 11.8. The summed E-state index contributed by atoms with van der Waals surface area (Å²) in [6.07, 6.45) is 5.39. The van der Waals surface area contributed by atoms with Gasteiger partial charge in [-0.05, 0) is 32.4 Å². The van der Waals surface area contributed by atoms with E-state index in [1.807, 2.05) is 0 Å². The number of aromatic hydroxyl groups is 1. The Kier molecular flexibility index (Phi) is 2.63. The molecule has 0 aliphatic carbocycles. The van der Waals surface area contributed by atoms with Gasteiger partial charge < -0.3 is 14.9 Å². The summed E-state index contributed by atoms with van der Waals surface area (Å²) in [4.78, 5) is 13.1. The molecule has 0 aromatic carbocycles. The Labute approximate surface area is 101 Å². The van der Waals surface area contributed by atoms with Gasteiger partial charge in [0, 0.05) is 19.1 Å². The van der Waals surface area contributed by atoms with Crippen molar-refractivity contribution < 1.29 is 5.11 Å². The maximum Gasteiger partial charge on any atom is 0.225 e. The van der Waals surface area contributed by atoms with E-state index in [1.54, 1.807) is 0 Å². The van der Waals surface area contributed by atoms with Gasteiger partial charge in [0.15, 0.2) is 5.75 Å². The molecule has 5 heteroatoms. The largest absolute Gasteiger partial charge is 0.505 e. The molecule has 2 atom stereocenters. The minimum absolute atomic E-state index is 0.129. The Morgan fingerprint density at radius 1 is 1.24 bits per heavy atom. The standard InChI is InChI=1S/C12H18N4O/c1-15-4-2-9-8-16(5-3-11(9)15)12-13-6-10(17)7-14-12/h6-7,9,11,17H,2-5,8H2,1H3. The molecule has 1 aromatic heterocycles. The van der Waals surface area contributed by atoms with Crippen molar-refractivity contribution in [1.29, 1.82) is 0 Å². The minimum Gasteiger partial charge on any atom is -0.505 e. The van der Waals surface area contributed by atoms with E-state index in [2.05, 4.69) is 26.8 Å². The van der Waals surface area contributed by atoms with Gasteiger partial charge in [-0.15, -0.1) is 0 Å². The number of rotatable bonds is 1. The van der Waals surface area contributed by atoms with E-state index < -0.39 is 0 Å². The zero-order valence-electron chi connectivity index (χ0n) is 10.1. The van der Waals surface area contributed by atoms with Gasteiger partial charge >= 0.3 is 0 Å². The molecule has 2 fully saturated rings. The quantitative estimate of drug-likeness (QED) is 0.775. The molecular formula is C12H18N4O. The maximum absolute atomic E-state index is 9.19. The van der Waals surface area contributed by atoms with Crippen LogP contribution in [0.3, 0.4) is 0 Å². The normalized spacial score (nSPS) is 29.4. The smallest absolute Gasteiger partial charge is 0.225 e. The fraction of sp³-hybridized carbons (Fsp3) is 0.667. The first-order chi connectivity index (χ1) is 8.24. The fourth-order valence-corrected chi connectivity index (χ4v) is 3.08. The van der Waals surface area contributed by atoms with Crippen LogP contribution >= 0.6 is 0 Å². The van der Waals surface area contributed by atoms with E-state index in [4.69, 9.17) is 0 Å². The van der Waals surface area contributed by atoms with E-state index in [0.717, 1.165) is 31.0 Å². The number of nitrogens with zero attached hydrogens (tertiary/aromatic N) is 4. The van der Waals surface area contributed by atoms with Crippen LogP contribution in [-0.2, 0) is 0 Å². The molecule has 0 spiro atoms. The first kappa shape index (κ1) is 10.8. The van der Waals surface area contributed by atoms with Crippen LogP contribution in [0.15, 0.2) is 12.4 Å². The molecule has 2 saturated heterocycles. The lowest BCUT2D eigenvalue weighted by Gasteiger charge is -2.36. The molecule has 92 valence electrons. The number of fused-ring (bicyclic) bond motifs is 1. The third-order valence-corrected chi connectivity index (χ3v) is 4.02. The molecule has 3 heterocycles. The van der Waals surface area contributed by atoms with Crippen molar-refractivity contribution in [3.8, 4) is 5.75 Å². The van der Waals surface area contributed by atoms with Crippen molar-refractivity contribution in [3.63, 3.8) is 0 Å².